The first kappa shape index (κ1) is 14.5. The molecule has 2 aromatic rings. The first-order chi connectivity index (χ1) is 9.63. The Balaban J connectivity index is 1.98. The molecule has 0 radical (unpaired) electrons. The van der Waals surface area contributed by atoms with Crippen molar-refractivity contribution in [2.75, 3.05) is 0 Å². The van der Waals surface area contributed by atoms with Crippen molar-refractivity contribution in [3.8, 4) is 0 Å². The van der Waals surface area contributed by atoms with Crippen molar-refractivity contribution >= 4 is 23.0 Å². The number of rotatable bonds is 4. The molecule has 0 saturated carbocycles. The van der Waals surface area contributed by atoms with E-state index in [1.54, 1.807) is 10.8 Å². The molecular formula is C18H18OS. The van der Waals surface area contributed by atoms with E-state index in [1.807, 2.05) is 60.7 Å². The van der Waals surface area contributed by atoms with Gasteiger partial charge in [0, 0.05) is 10.8 Å². The van der Waals surface area contributed by atoms with E-state index in [9.17, 15) is 4.21 Å². The molecule has 0 N–H and O–H groups in total. The average molecular weight is 282 g/mol. The third-order valence-corrected chi connectivity index (χ3v) is 3.75. The van der Waals surface area contributed by atoms with Crippen LogP contribution in [0.25, 0.3) is 12.2 Å². The monoisotopic (exact) mass is 282 g/mol. The molecule has 2 aromatic carbocycles. The standard InChI is InChI=1S/C18H18OS/c1-15-3-7-17(8-4-15)11-13-20(19)14-12-18-9-5-16(2)6-10-18/h3-14H,1-2H3. The quantitative estimate of drug-likeness (QED) is 0.795. The lowest BCUT2D eigenvalue weighted by Gasteiger charge is -1.95. The lowest BCUT2D eigenvalue weighted by Crippen LogP contribution is -1.79. The first-order valence-corrected chi connectivity index (χ1v) is 7.80. The lowest BCUT2D eigenvalue weighted by molar-refractivity contribution is 0.693. The molecule has 20 heavy (non-hydrogen) atoms. The summed E-state index contributed by atoms with van der Waals surface area (Å²) in [4.78, 5) is 0. The smallest absolute Gasteiger partial charge is 0.0702 e. The molecule has 102 valence electrons. The van der Waals surface area contributed by atoms with Crippen molar-refractivity contribution in [2.24, 2.45) is 0 Å². The normalized spacial score (nSPS) is 13.1. The van der Waals surface area contributed by atoms with Gasteiger partial charge in [0.2, 0.25) is 0 Å². The van der Waals surface area contributed by atoms with E-state index < -0.39 is 10.8 Å². The zero-order chi connectivity index (χ0) is 14.4. The van der Waals surface area contributed by atoms with Gasteiger partial charge in [-0.15, -0.1) is 0 Å². The maximum atomic E-state index is 11.9. The summed E-state index contributed by atoms with van der Waals surface area (Å²) < 4.78 is 11.9. The Labute approximate surface area is 123 Å². The third kappa shape index (κ3) is 4.63. The molecule has 0 aliphatic rings. The zero-order valence-corrected chi connectivity index (χ0v) is 12.6. The summed E-state index contributed by atoms with van der Waals surface area (Å²) in [7, 11) is -1.09. The highest BCUT2D eigenvalue weighted by atomic mass is 32.2. The van der Waals surface area contributed by atoms with E-state index in [-0.39, 0.29) is 0 Å². The minimum Gasteiger partial charge on any atom is -0.250 e. The van der Waals surface area contributed by atoms with Crippen LogP contribution in [-0.2, 0) is 10.8 Å². The van der Waals surface area contributed by atoms with Crippen molar-refractivity contribution in [3.05, 3.63) is 81.6 Å². The minimum absolute atomic E-state index is 1.06. The van der Waals surface area contributed by atoms with E-state index in [0.717, 1.165) is 11.1 Å². The number of aryl methyl sites for hydroxylation is 2. The summed E-state index contributed by atoms with van der Waals surface area (Å²) in [6, 6.07) is 16.3. The third-order valence-electron chi connectivity index (χ3n) is 2.94. The van der Waals surface area contributed by atoms with Gasteiger partial charge in [0.25, 0.3) is 0 Å². The van der Waals surface area contributed by atoms with Gasteiger partial charge in [0.1, 0.15) is 0 Å². The second-order valence-electron chi connectivity index (χ2n) is 4.76. The Bertz CT molecular complexity index is 577. The summed E-state index contributed by atoms with van der Waals surface area (Å²) in [6.45, 7) is 4.10. The summed E-state index contributed by atoms with van der Waals surface area (Å²) in [6.07, 6.45) is 3.77. The van der Waals surface area contributed by atoms with Gasteiger partial charge in [0.15, 0.2) is 0 Å². The first-order valence-electron chi connectivity index (χ1n) is 6.52. The summed E-state index contributed by atoms with van der Waals surface area (Å²) >= 11 is 0. The van der Waals surface area contributed by atoms with Gasteiger partial charge in [-0.3, -0.25) is 4.21 Å². The van der Waals surface area contributed by atoms with Crippen LogP contribution >= 0.6 is 0 Å². The largest absolute Gasteiger partial charge is 0.250 e. The second-order valence-corrected chi connectivity index (χ2v) is 5.96. The van der Waals surface area contributed by atoms with Crippen molar-refractivity contribution in [1.82, 2.24) is 0 Å². The highest BCUT2D eigenvalue weighted by Crippen LogP contribution is 2.08. The Hall–Kier alpha value is -1.93. The van der Waals surface area contributed by atoms with E-state index in [4.69, 9.17) is 0 Å². The van der Waals surface area contributed by atoms with Crippen LogP contribution in [0.2, 0.25) is 0 Å². The van der Waals surface area contributed by atoms with Gasteiger partial charge in [-0.05, 0) is 37.1 Å². The number of hydrogen-bond donors (Lipinski definition) is 0. The maximum absolute atomic E-state index is 11.9. The minimum atomic E-state index is -1.09. The van der Waals surface area contributed by atoms with Crippen LogP contribution in [0.4, 0.5) is 0 Å². The number of hydrogen-bond acceptors (Lipinski definition) is 1. The molecule has 0 aliphatic heterocycles. The molecule has 0 amide bonds. The van der Waals surface area contributed by atoms with E-state index in [2.05, 4.69) is 13.8 Å². The fourth-order valence-electron chi connectivity index (χ4n) is 1.69. The van der Waals surface area contributed by atoms with Crippen molar-refractivity contribution < 1.29 is 4.21 Å². The van der Waals surface area contributed by atoms with Crippen LogP contribution in [0.3, 0.4) is 0 Å². The van der Waals surface area contributed by atoms with E-state index in [1.165, 1.54) is 11.1 Å². The Kier molecular flexibility index (Phi) is 5.08. The second kappa shape index (κ2) is 7.01. The molecule has 2 heteroatoms. The molecule has 0 heterocycles. The fraction of sp³-hybridized carbons (Fsp3) is 0.111. The van der Waals surface area contributed by atoms with Gasteiger partial charge < -0.3 is 0 Å². The molecule has 1 nitrogen and oxygen atoms in total. The van der Waals surface area contributed by atoms with Crippen molar-refractivity contribution in [3.63, 3.8) is 0 Å². The molecule has 0 fully saturated rings. The highest BCUT2D eigenvalue weighted by molar-refractivity contribution is 7.91. The van der Waals surface area contributed by atoms with Gasteiger partial charge in [-0.25, -0.2) is 0 Å². The Morgan fingerprint density at radius 1 is 0.700 bits per heavy atom. The molecule has 0 atom stereocenters. The van der Waals surface area contributed by atoms with Crippen LogP contribution in [0.5, 0.6) is 0 Å². The molecule has 2 rings (SSSR count). The van der Waals surface area contributed by atoms with Gasteiger partial charge >= 0.3 is 0 Å². The summed E-state index contributed by atoms with van der Waals surface area (Å²) in [5.74, 6) is 0. The molecular weight excluding hydrogens is 264 g/mol. The van der Waals surface area contributed by atoms with Crippen molar-refractivity contribution in [1.29, 1.82) is 0 Å². The van der Waals surface area contributed by atoms with Crippen molar-refractivity contribution in [2.45, 2.75) is 13.8 Å². The molecule has 0 spiro atoms. The van der Waals surface area contributed by atoms with Gasteiger partial charge in [0.05, 0.1) is 10.8 Å². The lowest BCUT2D eigenvalue weighted by atomic mass is 10.1. The van der Waals surface area contributed by atoms with Crippen LogP contribution < -0.4 is 0 Å². The van der Waals surface area contributed by atoms with E-state index >= 15 is 0 Å². The van der Waals surface area contributed by atoms with Gasteiger partial charge in [-0.1, -0.05) is 59.7 Å². The zero-order valence-electron chi connectivity index (χ0n) is 11.7. The van der Waals surface area contributed by atoms with Crippen LogP contribution in [0, 0.1) is 13.8 Å². The maximum Gasteiger partial charge on any atom is 0.0702 e. The predicted molar refractivity (Wildman–Crippen MR) is 88.6 cm³/mol. The summed E-state index contributed by atoms with van der Waals surface area (Å²) in [5, 5.41) is 3.41. The Morgan fingerprint density at radius 3 is 1.40 bits per heavy atom. The predicted octanol–water partition coefficient (Wildman–Crippen LogP) is 4.69. The topological polar surface area (TPSA) is 17.1 Å². The fourth-order valence-corrected chi connectivity index (χ4v) is 2.36. The van der Waals surface area contributed by atoms with Crippen LogP contribution in [0.1, 0.15) is 22.3 Å². The Morgan fingerprint density at radius 2 is 1.05 bits per heavy atom. The molecule has 0 bridgehead atoms. The average Bonchev–Trinajstić information content (AvgIpc) is 2.46. The van der Waals surface area contributed by atoms with E-state index in [0.29, 0.717) is 0 Å². The SMILES string of the molecule is Cc1ccc(C=CS(=O)C=Cc2ccc(C)cc2)cc1. The van der Waals surface area contributed by atoms with Crippen LogP contribution in [0.15, 0.2) is 59.3 Å². The molecule has 0 unspecified atom stereocenters. The highest BCUT2D eigenvalue weighted by Gasteiger charge is 1.91. The number of benzene rings is 2. The van der Waals surface area contributed by atoms with Crippen LogP contribution in [-0.4, -0.2) is 4.21 Å². The van der Waals surface area contributed by atoms with Gasteiger partial charge in [-0.2, -0.15) is 0 Å². The summed E-state index contributed by atoms with van der Waals surface area (Å²) in [5.41, 5.74) is 4.57. The molecule has 0 aliphatic carbocycles. The molecule has 0 saturated heterocycles. The molecule has 0 aromatic heterocycles.